The van der Waals surface area contributed by atoms with E-state index < -0.39 is 0 Å². The molecule has 0 unspecified atom stereocenters. The number of nitriles is 1. The van der Waals surface area contributed by atoms with E-state index in [1.165, 1.54) is 4.88 Å². The van der Waals surface area contributed by atoms with E-state index >= 15 is 0 Å². The fourth-order valence-corrected chi connectivity index (χ4v) is 1.56. The lowest BCUT2D eigenvalue weighted by Crippen LogP contribution is -1.97. The molecule has 2 nitrogen and oxygen atoms in total. The molecule has 1 rings (SSSR count). The molecule has 0 aliphatic carbocycles. The highest BCUT2D eigenvalue weighted by atomic mass is 32.1. The summed E-state index contributed by atoms with van der Waals surface area (Å²) in [5.41, 5.74) is 7.84. The van der Waals surface area contributed by atoms with E-state index in [0.29, 0.717) is 11.3 Å². The van der Waals surface area contributed by atoms with Gasteiger partial charge in [-0.2, -0.15) is 5.26 Å². The summed E-state index contributed by atoms with van der Waals surface area (Å²) in [6.07, 6.45) is 0. The molecule has 0 bridgehead atoms. The summed E-state index contributed by atoms with van der Waals surface area (Å²) in [4.78, 5) is 1.21. The van der Waals surface area contributed by atoms with Crippen molar-refractivity contribution >= 4 is 17.0 Å². The first-order valence-electron chi connectivity index (χ1n) is 3.57. The highest BCUT2D eigenvalue weighted by molar-refractivity contribution is 7.10. The second kappa shape index (κ2) is 3.42. The third-order valence-electron chi connectivity index (χ3n) is 1.61. The van der Waals surface area contributed by atoms with E-state index in [2.05, 4.69) is 0 Å². The van der Waals surface area contributed by atoms with Gasteiger partial charge in [0.15, 0.2) is 0 Å². The molecule has 1 aromatic heterocycles. The minimum Gasteiger partial charge on any atom is -0.397 e. The summed E-state index contributed by atoms with van der Waals surface area (Å²) in [6, 6.07) is 4.02. The van der Waals surface area contributed by atoms with Gasteiger partial charge in [0.05, 0.1) is 11.8 Å². The zero-order chi connectivity index (χ0) is 9.14. The summed E-state index contributed by atoms with van der Waals surface area (Å²) in [6.45, 7) is 3.74. The van der Waals surface area contributed by atoms with E-state index in [4.69, 9.17) is 11.0 Å². The zero-order valence-corrected chi connectivity index (χ0v) is 7.90. The maximum Gasteiger partial charge on any atom is 0.0965 e. The van der Waals surface area contributed by atoms with Gasteiger partial charge < -0.3 is 5.73 Å². The predicted octanol–water partition coefficient (Wildman–Crippen LogP) is 2.27. The summed E-state index contributed by atoms with van der Waals surface area (Å²) in [7, 11) is 0. The largest absolute Gasteiger partial charge is 0.397 e. The van der Waals surface area contributed by atoms with Crippen molar-refractivity contribution in [2.45, 2.75) is 13.8 Å². The van der Waals surface area contributed by atoms with Gasteiger partial charge in [0, 0.05) is 21.4 Å². The average Bonchev–Trinajstić information content (AvgIpc) is 2.49. The van der Waals surface area contributed by atoms with E-state index in [0.717, 1.165) is 5.56 Å². The van der Waals surface area contributed by atoms with Gasteiger partial charge in [-0.3, -0.25) is 0 Å². The topological polar surface area (TPSA) is 49.8 Å². The normalized spacial score (nSPS) is 12.1. The Kier molecular flexibility index (Phi) is 2.51. The molecule has 62 valence electrons. The average molecular weight is 178 g/mol. The van der Waals surface area contributed by atoms with Crippen LogP contribution in [0.5, 0.6) is 0 Å². The lowest BCUT2D eigenvalue weighted by atomic mass is 10.1. The molecule has 2 N–H and O–H groups in total. The monoisotopic (exact) mass is 178 g/mol. The maximum atomic E-state index is 8.59. The molecule has 0 aliphatic heterocycles. The molecule has 0 saturated carbocycles. The van der Waals surface area contributed by atoms with Crippen LogP contribution < -0.4 is 5.73 Å². The van der Waals surface area contributed by atoms with Gasteiger partial charge in [-0.05, 0) is 19.9 Å². The number of nitrogens with two attached hydrogens (primary N) is 1. The summed E-state index contributed by atoms with van der Waals surface area (Å²) >= 11 is 1.64. The highest BCUT2D eigenvalue weighted by Gasteiger charge is 2.02. The summed E-state index contributed by atoms with van der Waals surface area (Å²) in [5.74, 6) is 0. The van der Waals surface area contributed by atoms with Crippen molar-refractivity contribution in [3.63, 3.8) is 0 Å². The van der Waals surface area contributed by atoms with Gasteiger partial charge in [0.25, 0.3) is 0 Å². The Labute approximate surface area is 75.9 Å². The summed E-state index contributed by atoms with van der Waals surface area (Å²) < 4.78 is 0. The molecule has 0 saturated heterocycles. The predicted molar refractivity (Wildman–Crippen MR) is 51.5 cm³/mol. The molecule has 0 atom stereocenters. The number of rotatable bonds is 1. The number of hydrogen-bond donors (Lipinski definition) is 1. The van der Waals surface area contributed by atoms with Crippen LogP contribution in [0.2, 0.25) is 0 Å². The Balaban J connectivity index is 3.09. The number of allylic oxidation sites excluding steroid dienone is 1. The van der Waals surface area contributed by atoms with Gasteiger partial charge in [-0.25, -0.2) is 0 Å². The molecular formula is C9H10N2S. The van der Waals surface area contributed by atoms with Gasteiger partial charge in [-0.1, -0.05) is 0 Å². The van der Waals surface area contributed by atoms with Crippen LogP contribution in [0.25, 0.3) is 5.70 Å². The van der Waals surface area contributed by atoms with Crippen molar-refractivity contribution in [3.8, 4) is 6.07 Å². The van der Waals surface area contributed by atoms with Gasteiger partial charge in [-0.15, -0.1) is 11.3 Å². The first-order chi connectivity index (χ1) is 5.65. The second-order valence-corrected chi connectivity index (χ2v) is 3.71. The molecule has 3 heteroatoms. The van der Waals surface area contributed by atoms with Gasteiger partial charge in [0.2, 0.25) is 0 Å². The Morgan fingerprint density at radius 1 is 1.67 bits per heavy atom. The molecule has 1 heterocycles. The van der Waals surface area contributed by atoms with Crippen LogP contribution in [0.4, 0.5) is 0 Å². The summed E-state index contributed by atoms with van der Waals surface area (Å²) in [5, 5.41) is 10.6. The van der Waals surface area contributed by atoms with E-state index in [1.54, 1.807) is 18.3 Å². The Bertz CT molecular complexity index is 355. The fourth-order valence-electron chi connectivity index (χ4n) is 0.861. The first kappa shape index (κ1) is 8.82. The fraction of sp³-hybridized carbons (Fsp3) is 0.222. The molecular weight excluding hydrogens is 168 g/mol. The molecule has 0 aliphatic rings. The second-order valence-electron chi connectivity index (χ2n) is 2.60. The van der Waals surface area contributed by atoms with Crippen LogP contribution in [0, 0.1) is 18.3 Å². The molecule has 0 aromatic carbocycles. The first-order valence-corrected chi connectivity index (χ1v) is 4.45. The number of aryl methyl sites for hydroxylation is 1. The Morgan fingerprint density at radius 2 is 2.33 bits per heavy atom. The van der Waals surface area contributed by atoms with Crippen LogP contribution in [-0.2, 0) is 0 Å². The molecule has 0 fully saturated rings. The van der Waals surface area contributed by atoms with Crippen LogP contribution in [0.1, 0.15) is 17.4 Å². The third-order valence-corrected chi connectivity index (χ3v) is 2.47. The molecule has 0 spiro atoms. The van der Waals surface area contributed by atoms with Crippen molar-refractivity contribution in [3.05, 3.63) is 27.5 Å². The number of thiophene rings is 1. The van der Waals surface area contributed by atoms with Crippen molar-refractivity contribution in [2.24, 2.45) is 5.73 Å². The van der Waals surface area contributed by atoms with Crippen LogP contribution in [0.15, 0.2) is 17.0 Å². The lowest BCUT2D eigenvalue weighted by Gasteiger charge is -1.96. The minimum absolute atomic E-state index is 0.577. The smallest absolute Gasteiger partial charge is 0.0965 e. The zero-order valence-electron chi connectivity index (χ0n) is 7.09. The Morgan fingerprint density at radius 3 is 2.75 bits per heavy atom. The molecule has 12 heavy (non-hydrogen) atoms. The van der Waals surface area contributed by atoms with Crippen molar-refractivity contribution in [2.75, 3.05) is 0 Å². The van der Waals surface area contributed by atoms with Crippen LogP contribution >= 0.6 is 11.3 Å². The molecule has 0 radical (unpaired) electrons. The van der Waals surface area contributed by atoms with E-state index in [9.17, 15) is 0 Å². The third kappa shape index (κ3) is 1.66. The van der Waals surface area contributed by atoms with Crippen LogP contribution in [0.3, 0.4) is 0 Å². The van der Waals surface area contributed by atoms with E-state index in [1.807, 2.05) is 24.4 Å². The standard InChI is InChI=1S/C9H10N2S/c1-6(4-10)9(11)8-3-7(2)12-5-8/h3,5H,11H2,1-2H3/b9-6-. The quantitative estimate of drug-likeness (QED) is 0.670. The maximum absolute atomic E-state index is 8.59. The van der Waals surface area contributed by atoms with Crippen LogP contribution in [-0.4, -0.2) is 0 Å². The van der Waals surface area contributed by atoms with E-state index in [-0.39, 0.29) is 0 Å². The van der Waals surface area contributed by atoms with Crippen molar-refractivity contribution in [1.82, 2.24) is 0 Å². The SMILES string of the molecule is C/C(C#N)=C(/N)c1csc(C)c1. The lowest BCUT2D eigenvalue weighted by molar-refractivity contribution is 1.40. The Hall–Kier alpha value is -1.27. The van der Waals surface area contributed by atoms with Gasteiger partial charge >= 0.3 is 0 Å². The van der Waals surface area contributed by atoms with Gasteiger partial charge in [0.1, 0.15) is 0 Å². The van der Waals surface area contributed by atoms with Crippen molar-refractivity contribution < 1.29 is 0 Å². The van der Waals surface area contributed by atoms with Crippen molar-refractivity contribution in [1.29, 1.82) is 5.26 Å². The number of nitrogens with zero attached hydrogens (tertiary/aromatic N) is 1. The molecule has 0 amide bonds. The molecule has 1 aromatic rings. The highest BCUT2D eigenvalue weighted by Crippen LogP contribution is 2.19. The minimum atomic E-state index is 0.577. The number of hydrogen-bond acceptors (Lipinski definition) is 3.